The molecule has 0 amide bonds. The van der Waals surface area contributed by atoms with Gasteiger partial charge in [-0.2, -0.15) is 5.10 Å². The lowest BCUT2D eigenvalue weighted by Crippen LogP contribution is -2.33. The highest BCUT2D eigenvalue weighted by atomic mass is 16.5. The fraction of sp³-hybridized carbons (Fsp3) is 0.444. The van der Waals surface area contributed by atoms with Gasteiger partial charge in [0.25, 0.3) is 0 Å². The maximum atomic E-state index is 10.6. The summed E-state index contributed by atoms with van der Waals surface area (Å²) in [6, 6.07) is 18.3. The van der Waals surface area contributed by atoms with Gasteiger partial charge in [0, 0.05) is 25.7 Å². The van der Waals surface area contributed by atoms with E-state index < -0.39 is 0 Å². The molecule has 0 aliphatic heterocycles. The van der Waals surface area contributed by atoms with E-state index in [9.17, 15) is 5.11 Å². The zero-order valence-corrected chi connectivity index (χ0v) is 19.9. The first-order chi connectivity index (χ1) is 15.5. The van der Waals surface area contributed by atoms with Crippen molar-refractivity contribution >= 4 is 0 Å². The van der Waals surface area contributed by atoms with E-state index in [1.54, 1.807) is 0 Å². The molecule has 1 unspecified atom stereocenters. The lowest BCUT2D eigenvalue weighted by Gasteiger charge is -2.25. The minimum Gasteiger partial charge on any atom is -0.439 e. The Balaban J connectivity index is 1.96. The molecular formula is C27H37N3O2. The molecule has 0 spiro atoms. The van der Waals surface area contributed by atoms with Gasteiger partial charge in [0.05, 0.1) is 11.7 Å². The minimum atomic E-state index is -0.320. The summed E-state index contributed by atoms with van der Waals surface area (Å²) in [7, 11) is 1.93. The summed E-state index contributed by atoms with van der Waals surface area (Å²) in [5, 5.41) is 15.4. The van der Waals surface area contributed by atoms with Gasteiger partial charge in [0.15, 0.2) is 0 Å². The highest BCUT2D eigenvalue weighted by molar-refractivity contribution is 5.65. The van der Waals surface area contributed by atoms with E-state index in [1.807, 2.05) is 48.1 Å². The summed E-state index contributed by atoms with van der Waals surface area (Å²) in [5.41, 5.74) is 4.21. The van der Waals surface area contributed by atoms with Gasteiger partial charge in [0.1, 0.15) is 11.4 Å². The molecule has 0 bridgehead atoms. The molecule has 1 atom stereocenters. The molecule has 2 aromatic carbocycles. The molecule has 5 heteroatoms. The number of aryl methyl sites for hydroxylation is 2. The highest BCUT2D eigenvalue weighted by Gasteiger charge is 2.23. The van der Waals surface area contributed by atoms with E-state index >= 15 is 0 Å². The number of aliphatic hydroxyl groups is 1. The van der Waals surface area contributed by atoms with Crippen molar-refractivity contribution in [1.29, 1.82) is 0 Å². The van der Waals surface area contributed by atoms with Gasteiger partial charge in [-0.3, -0.25) is 4.90 Å². The minimum absolute atomic E-state index is 0.320. The van der Waals surface area contributed by atoms with Crippen LogP contribution in [0, 0.1) is 6.92 Å². The number of rotatable bonds is 12. The van der Waals surface area contributed by atoms with E-state index in [1.165, 1.54) is 0 Å². The monoisotopic (exact) mass is 435 g/mol. The van der Waals surface area contributed by atoms with E-state index in [2.05, 4.69) is 43.9 Å². The standard InChI is InChI=1S/C27H37N3O2/c1-5-7-15-23(31)19-30(17-6-2)20-25-26(22-13-9-8-10-14-22)28-29(4)27(25)32-24-16-11-12-21(3)18-24/h8-14,16,18,23,31H,5-7,15,17,19-20H2,1-4H3. The Bertz CT molecular complexity index is 968. The van der Waals surface area contributed by atoms with Gasteiger partial charge >= 0.3 is 0 Å². The van der Waals surface area contributed by atoms with Crippen LogP contribution in [0.25, 0.3) is 11.3 Å². The largest absolute Gasteiger partial charge is 0.439 e. The molecule has 3 aromatic rings. The molecule has 3 rings (SSSR count). The molecule has 0 saturated heterocycles. The van der Waals surface area contributed by atoms with Crippen LogP contribution >= 0.6 is 0 Å². The summed E-state index contributed by atoms with van der Waals surface area (Å²) in [5.74, 6) is 1.55. The average Bonchev–Trinajstić information content (AvgIpc) is 3.08. The van der Waals surface area contributed by atoms with Crippen LogP contribution in [0.2, 0.25) is 0 Å². The van der Waals surface area contributed by atoms with Crippen LogP contribution in [0.1, 0.15) is 50.7 Å². The zero-order chi connectivity index (χ0) is 22.9. The summed E-state index contributed by atoms with van der Waals surface area (Å²) < 4.78 is 8.21. The fourth-order valence-electron chi connectivity index (χ4n) is 4.04. The molecule has 1 heterocycles. The maximum absolute atomic E-state index is 10.6. The first-order valence-electron chi connectivity index (χ1n) is 11.8. The summed E-state index contributed by atoms with van der Waals surface area (Å²) in [4.78, 5) is 2.33. The van der Waals surface area contributed by atoms with Crippen molar-refractivity contribution in [2.45, 2.75) is 59.1 Å². The number of nitrogens with zero attached hydrogens (tertiary/aromatic N) is 3. The topological polar surface area (TPSA) is 50.5 Å². The van der Waals surface area contributed by atoms with Crippen molar-refractivity contribution in [3.05, 3.63) is 65.7 Å². The number of ether oxygens (including phenoxy) is 1. The Labute approximate surface area is 192 Å². The van der Waals surface area contributed by atoms with Crippen LogP contribution in [-0.4, -0.2) is 39.0 Å². The van der Waals surface area contributed by atoms with E-state index in [4.69, 9.17) is 9.84 Å². The number of benzene rings is 2. The summed E-state index contributed by atoms with van der Waals surface area (Å²) in [6.07, 6.45) is 3.68. The second kappa shape index (κ2) is 11.8. The van der Waals surface area contributed by atoms with Gasteiger partial charge in [0.2, 0.25) is 5.88 Å². The molecule has 5 nitrogen and oxygen atoms in total. The van der Waals surface area contributed by atoms with Crippen molar-refractivity contribution < 1.29 is 9.84 Å². The Morgan fingerprint density at radius 3 is 2.53 bits per heavy atom. The molecule has 32 heavy (non-hydrogen) atoms. The van der Waals surface area contributed by atoms with Gasteiger partial charge in [-0.1, -0.05) is 69.2 Å². The third kappa shape index (κ3) is 6.44. The Hall–Kier alpha value is -2.63. The summed E-state index contributed by atoms with van der Waals surface area (Å²) >= 11 is 0. The van der Waals surface area contributed by atoms with Gasteiger partial charge in [-0.05, 0) is 44.0 Å². The first-order valence-corrected chi connectivity index (χ1v) is 11.8. The predicted molar refractivity (Wildman–Crippen MR) is 131 cm³/mol. The molecule has 0 aliphatic rings. The summed E-state index contributed by atoms with van der Waals surface area (Å²) in [6.45, 7) is 8.64. The van der Waals surface area contributed by atoms with Crippen LogP contribution in [0.15, 0.2) is 54.6 Å². The maximum Gasteiger partial charge on any atom is 0.222 e. The van der Waals surface area contributed by atoms with E-state index in [0.29, 0.717) is 13.1 Å². The van der Waals surface area contributed by atoms with E-state index in [-0.39, 0.29) is 6.10 Å². The molecule has 1 N–H and O–H groups in total. The molecule has 0 aliphatic carbocycles. The van der Waals surface area contributed by atoms with E-state index in [0.717, 1.165) is 66.2 Å². The number of hydrogen-bond acceptors (Lipinski definition) is 4. The third-order valence-electron chi connectivity index (χ3n) is 5.62. The number of unbranched alkanes of at least 4 members (excludes halogenated alkanes) is 1. The number of aliphatic hydroxyl groups excluding tert-OH is 1. The smallest absolute Gasteiger partial charge is 0.222 e. The molecule has 0 fully saturated rings. The van der Waals surface area contributed by atoms with Crippen molar-refractivity contribution in [1.82, 2.24) is 14.7 Å². The molecule has 0 radical (unpaired) electrons. The van der Waals surface area contributed by atoms with Crippen LogP contribution in [-0.2, 0) is 13.6 Å². The van der Waals surface area contributed by atoms with Crippen molar-refractivity contribution in [2.75, 3.05) is 13.1 Å². The lowest BCUT2D eigenvalue weighted by atomic mass is 10.1. The first kappa shape index (κ1) is 24.0. The van der Waals surface area contributed by atoms with Gasteiger partial charge in [-0.15, -0.1) is 0 Å². The second-order valence-electron chi connectivity index (χ2n) is 8.57. The Morgan fingerprint density at radius 2 is 1.84 bits per heavy atom. The average molecular weight is 436 g/mol. The van der Waals surface area contributed by atoms with Gasteiger partial charge < -0.3 is 9.84 Å². The van der Waals surface area contributed by atoms with Crippen LogP contribution in [0.5, 0.6) is 11.6 Å². The zero-order valence-electron chi connectivity index (χ0n) is 19.9. The van der Waals surface area contributed by atoms with Crippen molar-refractivity contribution in [3.8, 4) is 22.9 Å². The lowest BCUT2D eigenvalue weighted by molar-refractivity contribution is 0.0992. The molecule has 0 saturated carbocycles. The van der Waals surface area contributed by atoms with Gasteiger partial charge in [-0.25, -0.2) is 4.68 Å². The van der Waals surface area contributed by atoms with Crippen LogP contribution < -0.4 is 4.74 Å². The predicted octanol–water partition coefficient (Wildman–Crippen LogP) is 5.95. The van der Waals surface area contributed by atoms with Crippen molar-refractivity contribution in [2.24, 2.45) is 7.05 Å². The van der Waals surface area contributed by atoms with Crippen molar-refractivity contribution in [3.63, 3.8) is 0 Å². The number of aromatic nitrogens is 2. The fourth-order valence-corrected chi connectivity index (χ4v) is 4.04. The number of hydrogen-bond donors (Lipinski definition) is 1. The highest BCUT2D eigenvalue weighted by Crippen LogP contribution is 2.34. The Morgan fingerprint density at radius 1 is 1.06 bits per heavy atom. The van der Waals surface area contributed by atoms with Crippen LogP contribution in [0.4, 0.5) is 0 Å². The SMILES string of the molecule is CCCCC(O)CN(CCC)Cc1c(-c2ccccc2)nn(C)c1Oc1cccc(C)c1. The Kier molecular flexibility index (Phi) is 8.89. The quantitative estimate of drug-likeness (QED) is 0.382. The third-order valence-corrected chi connectivity index (χ3v) is 5.62. The molecule has 1 aromatic heterocycles. The molecular weight excluding hydrogens is 398 g/mol. The normalized spacial score (nSPS) is 12.3. The van der Waals surface area contributed by atoms with Crippen LogP contribution in [0.3, 0.4) is 0 Å². The molecule has 172 valence electrons. The second-order valence-corrected chi connectivity index (χ2v) is 8.57.